The average Bonchev–Trinajstić information content (AvgIpc) is 3.80. The Bertz CT molecular complexity index is 2180. The predicted octanol–water partition coefficient (Wildman–Crippen LogP) is 0.395. The molecule has 5 rings (SSSR count). The van der Waals surface area contributed by atoms with Crippen molar-refractivity contribution in [2.24, 2.45) is 68.7 Å². The van der Waals surface area contributed by atoms with Crippen LogP contribution in [0.4, 0.5) is 0 Å². The number of benzene rings is 1. The molecule has 1 aromatic carbocycles. The first-order valence-electron chi connectivity index (χ1n) is 27.7. The second-order valence-electron chi connectivity index (χ2n) is 23.2. The minimum absolute atomic E-state index is 0.0541. The van der Waals surface area contributed by atoms with Gasteiger partial charge in [0.25, 0.3) is 0 Å². The van der Waals surface area contributed by atoms with E-state index in [-0.39, 0.29) is 55.6 Å². The summed E-state index contributed by atoms with van der Waals surface area (Å²) in [6.07, 6.45) is 9.32. The minimum atomic E-state index is -1.61. The summed E-state index contributed by atoms with van der Waals surface area (Å²) >= 11 is 0. The molecule has 0 spiro atoms. The number of aliphatic imine (C=N–C) groups is 1. The molecule has 1 aromatic rings. The van der Waals surface area contributed by atoms with Gasteiger partial charge in [0.2, 0.25) is 41.4 Å². The Morgan fingerprint density at radius 2 is 1.25 bits per heavy atom. The van der Waals surface area contributed by atoms with Gasteiger partial charge in [-0.05, 0) is 142 Å². The van der Waals surface area contributed by atoms with Gasteiger partial charge in [-0.25, -0.2) is 0 Å². The molecule has 0 radical (unpaired) electrons. The zero-order chi connectivity index (χ0) is 56.1. The number of nitrogens with one attached hydrogen (secondary N) is 7. The third kappa shape index (κ3) is 15.4. The van der Waals surface area contributed by atoms with Gasteiger partial charge in [0.1, 0.15) is 36.3 Å². The lowest BCUT2D eigenvalue weighted by Gasteiger charge is -2.61. The highest BCUT2D eigenvalue weighted by atomic mass is 16.3. The van der Waals surface area contributed by atoms with Crippen molar-refractivity contribution in [2.45, 2.75) is 180 Å². The van der Waals surface area contributed by atoms with Gasteiger partial charge in [-0.3, -0.25) is 38.6 Å². The van der Waals surface area contributed by atoms with E-state index < -0.39 is 103 Å². The Labute approximate surface area is 448 Å². The van der Waals surface area contributed by atoms with Crippen molar-refractivity contribution < 1.29 is 54.0 Å². The number of nitrogens with zero attached hydrogens (tertiary/aromatic N) is 1. The number of fused-ring (bicyclic) bond motifs is 5. The zero-order valence-corrected chi connectivity index (χ0v) is 45.8. The molecule has 16 atom stereocenters. The highest BCUT2D eigenvalue weighted by Crippen LogP contribution is 2.68. The fourth-order valence-electron chi connectivity index (χ4n) is 13.7. The third-order valence-electron chi connectivity index (χ3n) is 17.9. The zero-order valence-electron chi connectivity index (χ0n) is 45.8. The Morgan fingerprint density at radius 3 is 1.87 bits per heavy atom. The maximum absolute atomic E-state index is 14.3. The summed E-state index contributed by atoms with van der Waals surface area (Å²) < 4.78 is 0. The number of nitrogens with two attached hydrogens (primary N) is 2. The van der Waals surface area contributed by atoms with Crippen molar-refractivity contribution in [1.82, 2.24) is 37.2 Å². The number of carbonyl (C=O) groups excluding carboxylic acids is 7. The standard InChI is InChI=1S/C55H90N10O11/c1-30(2)45(65-52(76)46(32(4)68)64-44(70)20-15-31(3)37-18-19-38-36-17-16-34-27-35(69)21-23-54(34,5)39(36)22-24-55(37,38)6)51(75)61-41(26-33-12-9-8-10-13-33)49(73)60-40(14-11-25-59-53(56)57)48(72)63-43(29-67)50(74)62-42(28-66)47(71)58-7/h8-10,12-13,30-32,34-43,45-46,66-69H,11,14-29H2,1-7H3,(H,58,71)(H,60,73)(H,61,75)(H,62,74)(H,63,72)(H,64,70)(H,65,76)(H4,56,57,59)/t31-,32-,34?,35-,36?,37-,38?,39?,40+,41+,42+,43+,45+,46?,54+,55-/m1/s1. The quantitative estimate of drug-likeness (QED) is 0.0340. The van der Waals surface area contributed by atoms with Crippen LogP contribution in [0.5, 0.6) is 0 Å². The number of guanidine groups is 1. The van der Waals surface area contributed by atoms with Gasteiger partial charge in [-0.2, -0.15) is 0 Å². The Kier molecular flexibility index (Phi) is 22.5. The SMILES string of the molecule is CNC(=O)[C@H](CO)NC(=O)[C@H](CO)NC(=O)[C@H](CCCN=C(N)N)NC(=O)[C@H](Cc1ccccc1)NC(=O)[C@@H](NC(=O)C(NC(=O)CC[C@@H](C)[C@H]1CCC2C3CCC4C[C@H](O)CC[C@]4(C)C3CC[C@@]21C)[C@@H](C)O)C(C)C. The van der Waals surface area contributed by atoms with Gasteiger partial charge in [0.15, 0.2) is 5.96 Å². The molecule has 426 valence electrons. The van der Waals surface area contributed by atoms with E-state index in [1.165, 1.54) is 46.1 Å². The van der Waals surface area contributed by atoms with Crippen LogP contribution in [-0.4, -0.2) is 143 Å². The first-order chi connectivity index (χ1) is 36.0. The number of hydrogen-bond donors (Lipinski definition) is 13. The van der Waals surface area contributed by atoms with Crippen molar-refractivity contribution >= 4 is 47.3 Å². The van der Waals surface area contributed by atoms with Crippen LogP contribution >= 0.6 is 0 Å². The smallest absolute Gasteiger partial charge is 0.245 e. The summed E-state index contributed by atoms with van der Waals surface area (Å²) in [5.41, 5.74) is 12.1. The Balaban J connectivity index is 1.23. The maximum atomic E-state index is 14.3. The van der Waals surface area contributed by atoms with Gasteiger partial charge in [0, 0.05) is 26.4 Å². The highest BCUT2D eigenvalue weighted by molar-refractivity contribution is 5.97. The van der Waals surface area contributed by atoms with Crippen LogP contribution in [0.15, 0.2) is 35.3 Å². The molecule has 0 bridgehead atoms. The molecule has 0 heterocycles. The van der Waals surface area contributed by atoms with Crippen molar-refractivity contribution in [3.63, 3.8) is 0 Å². The van der Waals surface area contributed by atoms with E-state index in [1.54, 1.807) is 44.2 Å². The molecule has 4 aliphatic rings. The van der Waals surface area contributed by atoms with E-state index in [9.17, 15) is 54.0 Å². The average molecular weight is 1070 g/mol. The van der Waals surface area contributed by atoms with Gasteiger partial charge in [0.05, 0.1) is 25.4 Å². The highest BCUT2D eigenvalue weighted by Gasteiger charge is 2.60. The van der Waals surface area contributed by atoms with Crippen LogP contribution in [-0.2, 0) is 40.0 Å². The number of hydrogen-bond acceptors (Lipinski definition) is 12. The second kappa shape index (κ2) is 27.8. The van der Waals surface area contributed by atoms with E-state index in [4.69, 9.17) is 11.5 Å². The number of amides is 7. The molecule has 21 heteroatoms. The number of aliphatic hydroxyl groups is 4. The third-order valence-corrected chi connectivity index (χ3v) is 17.9. The summed E-state index contributed by atoms with van der Waals surface area (Å²) in [4.78, 5) is 99.2. The lowest BCUT2D eigenvalue weighted by molar-refractivity contribution is -0.137. The second-order valence-corrected chi connectivity index (χ2v) is 23.2. The summed E-state index contributed by atoms with van der Waals surface area (Å²) in [6, 6.07) is 0.334. The summed E-state index contributed by atoms with van der Waals surface area (Å²) in [5.74, 6) is -2.84. The van der Waals surface area contributed by atoms with E-state index >= 15 is 0 Å². The first kappa shape index (κ1) is 61.5. The monoisotopic (exact) mass is 1070 g/mol. The largest absolute Gasteiger partial charge is 0.394 e. The molecule has 76 heavy (non-hydrogen) atoms. The Hall–Kier alpha value is -5.38. The van der Waals surface area contributed by atoms with Crippen molar-refractivity contribution in [2.75, 3.05) is 26.8 Å². The van der Waals surface area contributed by atoms with Crippen LogP contribution in [0.25, 0.3) is 0 Å². The van der Waals surface area contributed by atoms with Gasteiger partial charge < -0.3 is 69.1 Å². The van der Waals surface area contributed by atoms with Crippen LogP contribution in [0, 0.1) is 52.3 Å². The van der Waals surface area contributed by atoms with Gasteiger partial charge >= 0.3 is 0 Å². The fourth-order valence-corrected chi connectivity index (χ4v) is 13.7. The van der Waals surface area contributed by atoms with Crippen LogP contribution in [0.2, 0.25) is 0 Å². The lowest BCUT2D eigenvalue weighted by Crippen LogP contribution is -2.61. The molecular formula is C55H90N10O11. The molecule has 0 saturated heterocycles. The molecule has 4 aliphatic carbocycles. The molecule has 7 amide bonds. The molecule has 4 fully saturated rings. The van der Waals surface area contributed by atoms with E-state index in [0.717, 1.165) is 25.7 Å². The van der Waals surface area contributed by atoms with Gasteiger partial charge in [-0.1, -0.05) is 65.0 Å². The topological polar surface area (TPSA) is 349 Å². The molecule has 0 aromatic heterocycles. The van der Waals surface area contributed by atoms with Gasteiger partial charge in [-0.15, -0.1) is 0 Å². The summed E-state index contributed by atoms with van der Waals surface area (Å²) in [6.45, 7) is 10.3. The van der Waals surface area contributed by atoms with E-state index in [0.29, 0.717) is 47.0 Å². The molecule has 5 unspecified atom stereocenters. The van der Waals surface area contributed by atoms with Crippen LogP contribution < -0.4 is 48.7 Å². The molecule has 21 nitrogen and oxygen atoms in total. The van der Waals surface area contributed by atoms with Crippen LogP contribution in [0.1, 0.15) is 131 Å². The predicted molar refractivity (Wildman–Crippen MR) is 286 cm³/mol. The maximum Gasteiger partial charge on any atom is 0.245 e. The fraction of sp³-hybridized carbons (Fsp3) is 0.745. The number of rotatable bonds is 26. The summed E-state index contributed by atoms with van der Waals surface area (Å²) in [5, 5.41) is 58.8. The number of carbonyl (C=O) groups is 7. The normalized spacial score (nSPS) is 27.9. The minimum Gasteiger partial charge on any atom is -0.394 e. The Morgan fingerprint density at radius 1 is 0.671 bits per heavy atom. The molecular weight excluding hydrogens is 977 g/mol. The first-order valence-corrected chi connectivity index (χ1v) is 27.7. The van der Waals surface area contributed by atoms with E-state index in [2.05, 4.69) is 63.0 Å². The molecule has 0 aliphatic heterocycles. The number of aliphatic hydroxyl groups excluding tert-OH is 4. The van der Waals surface area contributed by atoms with Crippen molar-refractivity contribution in [1.29, 1.82) is 0 Å². The van der Waals surface area contributed by atoms with Crippen LogP contribution in [0.3, 0.4) is 0 Å². The lowest BCUT2D eigenvalue weighted by atomic mass is 9.44. The molecule has 15 N–H and O–H groups in total. The van der Waals surface area contributed by atoms with Crippen molar-refractivity contribution in [3.05, 3.63) is 35.9 Å². The number of likely N-dealkylation sites (N-methyl/N-ethyl adjacent to an activating group) is 1. The van der Waals surface area contributed by atoms with E-state index in [1.807, 2.05) is 0 Å². The molecule has 4 saturated carbocycles. The van der Waals surface area contributed by atoms with Crippen molar-refractivity contribution in [3.8, 4) is 0 Å². The summed E-state index contributed by atoms with van der Waals surface area (Å²) in [7, 11) is 1.30.